The van der Waals surface area contributed by atoms with Crippen LogP contribution in [0.25, 0.3) is 0 Å². The van der Waals surface area contributed by atoms with Crippen molar-refractivity contribution in [2.24, 2.45) is 0 Å². The van der Waals surface area contributed by atoms with Gasteiger partial charge in [-0.05, 0) is 55.8 Å². The molecule has 0 atom stereocenters. The lowest BCUT2D eigenvalue weighted by Crippen LogP contribution is -2.50. The molecule has 1 aliphatic heterocycles. The van der Waals surface area contributed by atoms with E-state index in [2.05, 4.69) is 31.1 Å². The first-order chi connectivity index (χ1) is 15.4. The Morgan fingerprint density at radius 2 is 1.78 bits per heavy atom. The van der Waals surface area contributed by atoms with Gasteiger partial charge in [-0.2, -0.15) is 0 Å². The van der Waals surface area contributed by atoms with Crippen LogP contribution in [0.5, 0.6) is 0 Å². The zero-order valence-corrected chi connectivity index (χ0v) is 19.7. The molecule has 166 valence electrons. The second kappa shape index (κ2) is 9.65. The number of hydrogen-bond donors (Lipinski definition) is 1. The molecule has 0 saturated carbocycles. The first kappa shape index (κ1) is 22.2. The molecular weight excluding hydrogens is 473 g/mol. The van der Waals surface area contributed by atoms with Gasteiger partial charge in [0.1, 0.15) is 17.5 Å². The first-order valence-electron chi connectivity index (χ1n) is 10.5. The van der Waals surface area contributed by atoms with Crippen LogP contribution in [0, 0.1) is 19.7 Å². The van der Waals surface area contributed by atoms with Gasteiger partial charge >= 0.3 is 6.03 Å². The molecule has 2 amide bonds. The fourth-order valence-electron chi connectivity index (χ4n) is 3.89. The maximum absolute atomic E-state index is 13.7. The number of aromatic nitrogens is 2. The molecule has 0 unspecified atom stereocenters. The monoisotopic (exact) mass is 497 g/mol. The highest BCUT2D eigenvalue weighted by Gasteiger charge is 2.25. The largest absolute Gasteiger partial charge is 0.353 e. The Morgan fingerprint density at radius 3 is 2.47 bits per heavy atom. The van der Waals surface area contributed by atoms with E-state index in [-0.39, 0.29) is 11.8 Å². The molecule has 2 heterocycles. The molecule has 0 bridgehead atoms. The number of urea groups is 1. The topological polar surface area (TPSA) is 61.4 Å². The Balaban J connectivity index is 1.47. The van der Waals surface area contributed by atoms with Gasteiger partial charge in [0.05, 0.1) is 0 Å². The zero-order valence-electron chi connectivity index (χ0n) is 18.1. The van der Waals surface area contributed by atoms with Crippen LogP contribution < -0.4 is 10.2 Å². The highest BCUT2D eigenvalue weighted by Crippen LogP contribution is 2.25. The molecule has 1 aromatic heterocycles. The SMILES string of the molecule is Cc1nc(C)c(Cc2cccc(F)c2)c(N2CCN(C(=O)Nc3ccc(Br)cc3)CC2)n1. The van der Waals surface area contributed by atoms with Crippen molar-refractivity contribution < 1.29 is 9.18 Å². The lowest BCUT2D eigenvalue weighted by atomic mass is 10.0. The summed E-state index contributed by atoms with van der Waals surface area (Å²) in [5.74, 6) is 1.32. The summed E-state index contributed by atoms with van der Waals surface area (Å²) in [5.41, 5.74) is 3.54. The minimum absolute atomic E-state index is 0.109. The maximum Gasteiger partial charge on any atom is 0.321 e. The van der Waals surface area contributed by atoms with E-state index >= 15 is 0 Å². The highest BCUT2D eigenvalue weighted by molar-refractivity contribution is 9.10. The van der Waals surface area contributed by atoms with Crippen LogP contribution in [0.15, 0.2) is 53.0 Å². The third-order valence-corrected chi connectivity index (χ3v) is 6.06. The molecule has 1 N–H and O–H groups in total. The van der Waals surface area contributed by atoms with Gasteiger partial charge in [-0.25, -0.2) is 19.2 Å². The van der Waals surface area contributed by atoms with Crippen molar-refractivity contribution >= 4 is 33.5 Å². The van der Waals surface area contributed by atoms with Crippen LogP contribution in [0.2, 0.25) is 0 Å². The third-order valence-electron chi connectivity index (χ3n) is 5.54. The quantitative estimate of drug-likeness (QED) is 0.554. The van der Waals surface area contributed by atoms with E-state index in [9.17, 15) is 9.18 Å². The Kier molecular flexibility index (Phi) is 6.69. The summed E-state index contributed by atoms with van der Waals surface area (Å²) >= 11 is 3.40. The predicted octanol–water partition coefficient (Wildman–Crippen LogP) is 4.94. The molecule has 4 rings (SSSR count). The number of hydrogen-bond acceptors (Lipinski definition) is 4. The van der Waals surface area contributed by atoms with Crippen LogP contribution >= 0.6 is 15.9 Å². The number of rotatable bonds is 4. The van der Waals surface area contributed by atoms with Crippen LogP contribution in [0.1, 0.15) is 22.6 Å². The van der Waals surface area contributed by atoms with Crippen LogP contribution in [-0.4, -0.2) is 47.1 Å². The maximum atomic E-state index is 13.7. The van der Waals surface area contributed by atoms with E-state index in [1.54, 1.807) is 12.1 Å². The highest BCUT2D eigenvalue weighted by atomic mass is 79.9. The summed E-state index contributed by atoms with van der Waals surface area (Å²) < 4.78 is 14.7. The van der Waals surface area contributed by atoms with Gasteiger partial charge in [-0.3, -0.25) is 0 Å². The molecule has 32 heavy (non-hydrogen) atoms. The Morgan fingerprint density at radius 1 is 1.06 bits per heavy atom. The van der Waals surface area contributed by atoms with Crippen molar-refractivity contribution in [2.75, 3.05) is 36.4 Å². The Bertz CT molecular complexity index is 1110. The number of nitrogens with one attached hydrogen (secondary N) is 1. The Hall–Kier alpha value is -3.00. The van der Waals surface area contributed by atoms with E-state index in [0.717, 1.165) is 32.8 Å². The third kappa shape index (κ3) is 5.24. The van der Waals surface area contributed by atoms with E-state index in [0.29, 0.717) is 38.4 Å². The van der Waals surface area contributed by atoms with Crippen molar-refractivity contribution in [3.8, 4) is 0 Å². The van der Waals surface area contributed by atoms with E-state index in [1.807, 2.05) is 49.1 Å². The van der Waals surface area contributed by atoms with E-state index in [4.69, 9.17) is 4.98 Å². The number of amides is 2. The summed E-state index contributed by atoms with van der Waals surface area (Å²) in [7, 11) is 0. The molecule has 1 saturated heterocycles. The number of carbonyl (C=O) groups is 1. The average Bonchev–Trinajstić information content (AvgIpc) is 2.77. The van der Waals surface area contributed by atoms with Crippen LogP contribution in [0.3, 0.4) is 0 Å². The number of benzene rings is 2. The van der Waals surface area contributed by atoms with Gasteiger partial charge in [-0.15, -0.1) is 0 Å². The van der Waals surface area contributed by atoms with Gasteiger partial charge in [0.25, 0.3) is 0 Å². The van der Waals surface area contributed by atoms with Crippen LogP contribution in [0.4, 0.5) is 20.7 Å². The fourth-order valence-corrected chi connectivity index (χ4v) is 4.16. The van der Waals surface area contributed by atoms with Crippen molar-refractivity contribution in [3.05, 3.63) is 81.5 Å². The van der Waals surface area contributed by atoms with Crippen LogP contribution in [-0.2, 0) is 6.42 Å². The van der Waals surface area contributed by atoms with Crippen molar-refractivity contribution in [1.29, 1.82) is 0 Å². The number of piperazine rings is 1. The summed E-state index contributed by atoms with van der Waals surface area (Å²) in [4.78, 5) is 25.9. The molecule has 8 heteroatoms. The number of carbonyl (C=O) groups excluding carboxylic acids is 1. The van der Waals surface area contributed by atoms with Gasteiger partial charge in [-0.1, -0.05) is 28.1 Å². The molecule has 0 spiro atoms. The lowest BCUT2D eigenvalue weighted by Gasteiger charge is -2.36. The van der Waals surface area contributed by atoms with Gasteiger partial charge in [0.2, 0.25) is 0 Å². The summed E-state index contributed by atoms with van der Waals surface area (Å²) in [6.07, 6.45) is 0.559. The molecule has 6 nitrogen and oxygen atoms in total. The molecule has 0 aliphatic carbocycles. The molecule has 1 aliphatic rings. The van der Waals surface area contributed by atoms with Gasteiger partial charge < -0.3 is 15.1 Å². The minimum Gasteiger partial charge on any atom is -0.353 e. The van der Waals surface area contributed by atoms with Gasteiger partial charge in [0, 0.05) is 54.0 Å². The molecular formula is C24H25BrFN5O. The molecule has 1 fully saturated rings. The molecule has 0 radical (unpaired) electrons. The van der Waals surface area contributed by atoms with Crippen molar-refractivity contribution in [1.82, 2.24) is 14.9 Å². The van der Waals surface area contributed by atoms with Crippen molar-refractivity contribution in [2.45, 2.75) is 20.3 Å². The first-order valence-corrected chi connectivity index (χ1v) is 11.3. The number of nitrogens with zero attached hydrogens (tertiary/aromatic N) is 4. The number of halogens is 2. The number of aryl methyl sites for hydroxylation is 2. The van der Waals surface area contributed by atoms with Crippen molar-refractivity contribution in [3.63, 3.8) is 0 Å². The zero-order chi connectivity index (χ0) is 22.7. The molecule has 2 aromatic carbocycles. The smallest absolute Gasteiger partial charge is 0.321 e. The predicted molar refractivity (Wildman–Crippen MR) is 128 cm³/mol. The number of anilines is 2. The second-order valence-electron chi connectivity index (χ2n) is 7.88. The minimum atomic E-state index is -0.250. The summed E-state index contributed by atoms with van der Waals surface area (Å²) in [6.45, 7) is 6.35. The fraction of sp³-hybridized carbons (Fsp3) is 0.292. The Labute approximate surface area is 195 Å². The lowest BCUT2D eigenvalue weighted by molar-refractivity contribution is 0.208. The van der Waals surface area contributed by atoms with E-state index in [1.165, 1.54) is 6.07 Å². The summed E-state index contributed by atoms with van der Waals surface area (Å²) in [5, 5.41) is 2.95. The average molecular weight is 498 g/mol. The molecule has 3 aromatic rings. The van der Waals surface area contributed by atoms with Gasteiger partial charge in [0.15, 0.2) is 0 Å². The summed E-state index contributed by atoms with van der Waals surface area (Å²) in [6, 6.07) is 14.0. The second-order valence-corrected chi connectivity index (χ2v) is 8.79. The normalized spacial score (nSPS) is 13.9. The standard InChI is InChI=1S/C24H25BrFN5O/c1-16-22(15-18-4-3-5-20(26)14-18)23(28-17(2)27-16)30-10-12-31(13-11-30)24(32)29-21-8-6-19(25)7-9-21/h3-9,14H,10-13,15H2,1-2H3,(H,29,32). The van der Waals surface area contributed by atoms with E-state index < -0.39 is 0 Å².